The molecular weight excluding hydrogens is 200 g/mol. The second-order valence-corrected chi connectivity index (χ2v) is 4.88. The maximum Gasteiger partial charge on any atom is 0.194 e. The Hall–Kier alpha value is -0.0900. The van der Waals surface area contributed by atoms with Crippen molar-refractivity contribution < 1.29 is 0 Å². The van der Waals surface area contributed by atoms with E-state index in [1.54, 1.807) is 11.8 Å². The molecule has 1 saturated carbocycles. The van der Waals surface area contributed by atoms with Crippen LogP contribution < -0.4 is 5.32 Å². The SMILES string of the molecule is CSC1=NC(=S)NC12CCCCC2. The molecule has 0 radical (unpaired) electrons. The number of thiocarbonyl (C=S) groups is 1. The van der Waals surface area contributed by atoms with E-state index in [2.05, 4.69) is 16.6 Å². The van der Waals surface area contributed by atoms with E-state index in [-0.39, 0.29) is 5.54 Å². The fourth-order valence-corrected chi connectivity index (χ4v) is 3.39. The van der Waals surface area contributed by atoms with Gasteiger partial charge in [0, 0.05) is 0 Å². The molecule has 4 heteroatoms. The zero-order chi connectivity index (χ0) is 9.31. The first kappa shape index (κ1) is 9.46. The van der Waals surface area contributed by atoms with Crippen molar-refractivity contribution in [2.24, 2.45) is 4.99 Å². The fraction of sp³-hybridized carbons (Fsp3) is 0.778. The highest BCUT2D eigenvalue weighted by atomic mass is 32.2. The number of hydrogen-bond acceptors (Lipinski definition) is 2. The molecule has 2 nitrogen and oxygen atoms in total. The first-order chi connectivity index (χ1) is 6.27. The van der Waals surface area contributed by atoms with Gasteiger partial charge in [-0.15, -0.1) is 11.8 Å². The summed E-state index contributed by atoms with van der Waals surface area (Å²) in [6.45, 7) is 0. The molecule has 13 heavy (non-hydrogen) atoms. The number of rotatable bonds is 0. The Morgan fingerprint density at radius 1 is 1.38 bits per heavy atom. The van der Waals surface area contributed by atoms with Crippen LogP contribution in [0.4, 0.5) is 0 Å². The van der Waals surface area contributed by atoms with Gasteiger partial charge < -0.3 is 5.32 Å². The zero-order valence-corrected chi connectivity index (χ0v) is 9.43. The van der Waals surface area contributed by atoms with Crippen LogP contribution in [0.1, 0.15) is 32.1 Å². The smallest absolute Gasteiger partial charge is 0.194 e. The van der Waals surface area contributed by atoms with Gasteiger partial charge in [0.1, 0.15) is 5.04 Å². The standard InChI is InChI=1S/C9H14N2S2/c1-13-7-9(11-8(12)10-7)5-3-2-4-6-9/h2-6H2,1H3,(H,11,12). The summed E-state index contributed by atoms with van der Waals surface area (Å²) in [6, 6.07) is 0. The summed E-state index contributed by atoms with van der Waals surface area (Å²) in [5.74, 6) is 0. The number of nitrogens with zero attached hydrogens (tertiary/aromatic N) is 1. The minimum Gasteiger partial charge on any atom is -0.349 e. The van der Waals surface area contributed by atoms with Crippen molar-refractivity contribution in [2.75, 3.05) is 6.26 Å². The second-order valence-electron chi connectivity index (χ2n) is 3.69. The van der Waals surface area contributed by atoms with Crippen molar-refractivity contribution in [3.63, 3.8) is 0 Å². The molecule has 1 spiro atoms. The Balaban J connectivity index is 2.21. The first-order valence-electron chi connectivity index (χ1n) is 4.72. The predicted octanol–water partition coefficient (Wildman–Crippen LogP) is 2.34. The van der Waals surface area contributed by atoms with Crippen molar-refractivity contribution in [3.05, 3.63) is 0 Å². The third-order valence-corrected chi connectivity index (χ3v) is 3.92. The van der Waals surface area contributed by atoms with Gasteiger partial charge in [-0.2, -0.15) is 0 Å². The van der Waals surface area contributed by atoms with E-state index in [0.29, 0.717) is 5.11 Å². The van der Waals surface area contributed by atoms with Gasteiger partial charge in [0.05, 0.1) is 5.54 Å². The van der Waals surface area contributed by atoms with Crippen LogP contribution >= 0.6 is 24.0 Å². The van der Waals surface area contributed by atoms with E-state index in [4.69, 9.17) is 12.2 Å². The molecular formula is C9H14N2S2. The van der Waals surface area contributed by atoms with E-state index < -0.39 is 0 Å². The fourth-order valence-electron chi connectivity index (χ4n) is 2.22. The molecule has 1 heterocycles. The molecule has 72 valence electrons. The van der Waals surface area contributed by atoms with Gasteiger partial charge in [0.15, 0.2) is 5.11 Å². The first-order valence-corrected chi connectivity index (χ1v) is 6.35. The Morgan fingerprint density at radius 3 is 2.69 bits per heavy atom. The number of aliphatic imine (C=N–C) groups is 1. The lowest BCUT2D eigenvalue weighted by molar-refractivity contribution is 0.362. The Labute approximate surface area is 88.6 Å². The Kier molecular flexibility index (Phi) is 2.60. The average Bonchev–Trinajstić information content (AvgIpc) is 2.43. The quantitative estimate of drug-likeness (QED) is 0.626. The molecule has 1 N–H and O–H groups in total. The van der Waals surface area contributed by atoms with Crippen molar-refractivity contribution in [3.8, 4) is 0 Å². The molecule has 0 saturated heterocycles. The van der Waals surface area contributed by atoms with Crippen LogP contribution in [-0.4, -0.2) is 22.0 Å². The minimum absolute atomic E-state index is 0.134. The molecule has 2 aliphatic rings. The summed E-state index contributed by atoms with van der Waals surface area (Å²) in [5, 5.41) is 5.27. The summed E-state index contributed by atoms with van der Waals surface area (Å²) < 4.78 is 0. The van der Waals surface area contributed by atoms with Gasteiger partial charge in [0.2, 0.25) is 0 Å². The number of hydrogen-bond donors (Lipinski definition) is 1. The Morgan fingerprint density at radius 2 is 2.08 bits per heavy atom. The van der Waals surface area contributed by atoms with Crippen LogP contribution in [0.2, 0.25) is 0 Å². The van der Waals surface area contributed by atoms with Crippen molar-refractivity contribution in [1.82, 2.24) is 5.32 Å². The molecule has 0 atom stereocenters. The summed E-state index contributed by atoms with van der Waals surface area (Å²) in [7, 11) is 0. The van der Waals surface area contributed by atoms with Gasteiger partial charge in [0.25, 0.3) is 0 Å². The Bertz CT molecular complexity index is 254. The molecule has 0 amide bonds. The molecule has 0 aromatic heterocycles. The minimum atomic E-state index is 0.134. The van der Waals surface area contributed by atoms with E-state index in [9.17, 15) is 0 Å². The number of nitrogens with one attached hydrogen (secondary N) is 1. The topological polar surface area (TPSA) is 24.4 Å². The highest BCUT2D eigenvalue weighted by Crippen LogP contribution is 2.35. The lowest BCUT2D eigenvalue weighted by Crippen LogP contribution is -2.48. The van der Waals surface area contributed by atoms with Crippen molar-refractivity contribution in [1.29, 1.82) is 0 Å². The highest BCUT2D eigenvalue weighted by molar-refractivity contribution is 8.13. The van der Waals surface area contributed by atoms with E-state index in [1.807, 2.05) is 0 Å². The summed E-state index contributed by atoms with van der Waals surface area (Å²) >= 11 is 6.85. The van der Waals surface area contributed by atoms with Crippen LogP contribution in [0.3, 0.4) is 0 Å². The maximum atomic E-state index is 5.10. The van der Waals surface area contributed by atoms with Crippen LogP contribution in [0.15, 0.2) is 4.99 Å². The van der Waals surface area contributed by atoms with E-state index in [0.717, 1.165) is 0 Å². The summed E-state index contributed by atoms with van der Waals surface area (Å²) in [5.41, 5.74) is 0.134. The monoisotopic (exact) mass is 214 g/mol. The van der Waals surface area contributed by atoms with E-state index >= 15 is 0 Å². The molecule has 0 bridgehead atoms. The molecule has 0 unspecified atom stereocenters. The molecule has 0 aromatic rings. The van der Waals surface area contributed by atoms with Gasteiger partial charge in [-0.3, -0.25) is 0 Å². The lowest BCUT2D eigenvalue weighted by Gasteiger charge is -2.34. The molecule has 2 rings (SSSR count). The van der Waals surface area contributed by atoms with Gasteiger partial charge in [-0.25, -0.2) is 4.99 Å². The van der Waals surface area contributed by atoms with Gasteiger partial charge in [-0.1, -0.05) is 19.3 Å². The molecule has 1 aliphatic carbocycles. The molecule has 1 aliphatic heterocycles. The third-order valence-electron chi connectivity index (χ3n) is 2.86. The second kappa shape index (κ2) is 3.58. The van der Waals surface area contributed by atoms with Gasteiger partial charge >= 0.3 is 0 Å². The summed E-state index contributed by atoms with van der Waals surface area (Å²) in [4.78, 5) is 4.38. The third kappa shape index (κ3) is 1.62. The number of thioether (sulfide) groups is 1. The van der Waals surface area contributed by atoms with Crippen LogP contribution in [0.5, 0.6) is 0 Å². The van der Waals surface area contributed by atoms with Crippen molar-refractivity contribution in [2.45, 2.75) is 37.6 Å². The van der Waals surface area contributed by atoms with Crippen LogP contribution in [-0.2, 0) is 0 Å². The largest absolute Gasteiger partial charge is 0.349 e. The van der Waals surface area contributed by atoms with Crippen LogP contribution in [0, 0.1) is 0 Å². The predicted molar refractivity (Wildman–Crippen MR) is 62.5 cm³/mol. The lowest BCUT2D eigenvalue weighted by atomic mass is 9.83. The van der Waals surface area contributed by atoms with E-state index in [1.165, 1.54) is 37.1 Å². The van der Waals surface area contributed by atoms with Gasteiger partial charge in [-0.05, 0) is 31.3 Å². The molecule has 0 aromatic carbocycles. The normalized spacial score (nSPS) is 25.9. The van der Waals surface area contributed by atoms with Crippen LogP contribution in [0.25, 0.3) is 0 Å². The maximum absolute atomic E-state index is 5.10. The van der Waals surface area contributed by atoms with Crippen molar-refractivity contribution >= 4 is 34.1 Å². The summed E-state index contributed by atoms with van der Waals surface area (Å²) in [6.07, 6.45) is 8.45. The zero-order valence-electron chi connectivity index (χ0n) is 7.80. The average molecular weight is 214 g/mol. The molecule has 1 fully saturated rings. The highest BCUT2D eigenvalue weighted by Gasteiger charge is 2.41.